The Morgan fingerprint density at radius 3 is 2.77 bits per heavy atom. The molecule has 0 saturated carbocycles. The molecule has 1 heterocycles. The van der Waals surface area contributed by atoms with Crippen molar-refractivity contribution >= 4 is 16.6 Å². The van der Waals surface area contributed by atoms with E-state index in [0.717, 1.165) is 41.4 Å². The molecular weight excluding hydrogens is 270 g/mol. The minimum atomic E-state index is 0.190. The Morgan fingerprint density at radius 1 is 1.09 bits per heavy atom. The Bertz CT molecular complexity index is 696. The van der Waals surface area contributed by atoms with Crippen molar-refractivity contribution in [2.75, 3.05) is 13.1 Å². The largest absolute Gasteiger partial charge is 0.377 e. The third kappa shape index (κ3) is 3.06. The first-order valence-corrected chi connectivity index (χ1v) is 8.27. The average Bonchev–Trinajstić information content (AvgIpc) is 3.03. The molecule has 0 unspecified atom stereocenters. The Balaban J connectivity index is 1.80. The summed E-state index contributed by atoms with van der Waals surface area (Å²) in [5.41, 5.74) is 1.78. The van der Waals surface area contributed by atoms with Gasteiger partial charge >= 0.3 is 0 Å². The van der Waals surface area contributed by atoms with Gasteiger partial charge in [0.15, 0.2) is 5.78 Å². The molecule has 0 atom stereocenters. The number of nitrogens with zero attached hydrogens (tertiary/aromatic N) is 1. The molecule has 3 rings (SSSR count). The molecule has 0 bridgehead atoms. The summed E-state index contributed by atoms with van der Waals surface area (Å²) in [5, 5.41) is 2.19. The molecular formula is C20H23NO. The van der Waals surface area contributed by atoms with Crippen LogP contribution in [0, 0.1) is 0 Å². The van der Waals surface area contributed by atoms with Gasteiger partial charge < -0.3 is 4.90 Å². The van der Waals surface area contributed by atoms with Crippen molar-refractivity contribution in [1.29, 1.82) is 0 Å². The van der Waals surface area contributed by atoms with Gasteiger partial charge in [0.05, 0.1) is 0 Å². The zero-order valence-electron chi connectivity index (χ0n) is 13.2. The second-order valence-electron chi connectivity index (χ2n) is 6.00. The number of carbonyl (C=O) groups excluding carboxylic acids is 1. The lowest BCUT2D eigenvalue weighted by atomic mass is 9.97. The van der Waals surface area contributed by atoms with Gasteiger partial charge in [-0.25, -0.2) is 0 Å². The number of hydrogen-bond acceptors (Lipinski definition) is 2. The Labute approximate surface area is 132 Å². The van der Waals surface area contributed by atoms with Gasteiger partial charge in [0.25, 0.3) is 0 Å². The molecule has 0 aromatic heterocycles. The maximum absolute atomic E-state index is 12.8. The first kappa shape index (κ1) is 14.8. The van der Waals surface area contributed by atoms with Gasteiger partial charge in [0, 0.05) is 30.4 Å². The van der Waals surface area contributed by atoms with E-state index in [1.165, 1.54) is 19.3 Å². The Morgan fingerprint density at radius 2 is 1.91 bits per heavy atom. The molecule has 1 aliphatic heterocycles. The summed E-state index contributed by atoms with van der Waals surface area (Å²) in [7, 11) is 0. The van der Waals surface area contributed by atoms with Gasteiger partial charge in [-0.05, 0) is 23.6 Å². The third-order valence-electron chi connectivity index (χ3n) is 4.38. The van der Waals surface area contributed by atoms with E-state index >= 15 is 0 Å². The van der Waals surface area contributed by atoms with Crippen LogP contribution < -0.4 is 0 Å². The van der Waals surface area contributed by atoms with Crippen LogP contribution in [0.5, 0.6) is 0 Å². The molecule has 0 N–H and O–H groups in total. The second kappa shape index (κ2) is 6.78. The second-order valence-corrected chi connectivity index (χ2v) is 6.00. The third-order valence-corrected chi connectivity index (χ3v) is 4.38. The van der Waals surface area contributed by atoms with Crippen molar-refractivity contribution in [1.82, 2.24) is 4.90 Å². The zero-order valence-corrected chi connectivity index (χ0v) is 13.2. The number of rotatable bonds is 6. The minimum Gasteiger partial charge on any atom is -0.377 e. The molecule has 2 nitrogen and oxygen atoms in total. The zero-order chi connectivity index (χ0) is 15.4. The Kier molecular flexibility index (Phi) is 4.57. The maximum atomic E-state index is 12.8. The normalized spacial score (nSPS) is 14.4. The molecule has 1 aliphatic rings. The summed E-state index contributed by atoms with van der Waals surface area (Å²) in [6.07, 6.45) is 6.66. The van der Waals surface area contributed by atoms with Crippen LogP contribution in [-0.4, -0.2) is 23.8 Å². The molecule has 0 saturated heterocycles. The number of ketones is 1. The number of carbonyl (C=O) groups is 1. The summed E-state index contributed by atoms with van der Waals surface area (Å²) >= 11 is 0. The Hall–Kier alpha value is -2.09. The van der Waals surface area contributed by atoms with Crippen LogP contribution in [0.4, 0.5) is 0 Å². The van der Waals surface area contributed by atoms with E-state index in [1.807, 2.05) is 30.3 Å². The summed E-state index contributed by atoms with van der Waals surface area (Å²) in [5.74, 6) is 0.190. The smallest absolute Gasteiger partial charge is 0.191 e. The molecule has 2 heteroatoms. The lowest BCUT2D eigenvalue weighted by molar-refractivity contribution is 0.103. The molecule has 2 aromatic rings. The quantitative estimate of drug-likeness (QED) is 0.563. The molecule has 0 radical (unpaired) electrons. The van der Waals surface area contributed by atoms with Crippen molar-refractivity contribution in [3.8, 4) is 0 Å². The van der Waals surface area contributed by atoms with E-state index in [2.05, 4.69) is 30.2 Å². The number of benzene rings is 2. The fraction of sp³-hybridized carbons (Fsp3) is 0.350. The highest BCUT2D eigenvalue weighted by Crippen LogP contribution is 2.25. The van der Waals surface area contributed by atoms with E-state index < -0.39 is 0 Å². The lowest BCUT2D eigenvalue weighted by Crippen LogP contribution is -2.15. The fourth-order valence-electron chi connectivity index (χ4n) is 3.12. The topological polar surface area (TPSA) is 20.3 Å². The van der Waals surface area contributed by atoms with Crippen molar-refractivity contribution < 1.29 is 4.79 Å². The van der Waals surface area contributed by atoms with Crippen molar-refractivity contribution in [2.24, 2.45) is 0 Å². The van der Waals surface area contributed by atoms with Crippen LogP contribution in [0.1, 0.15) is 43.0 Å². The highest BCUT2D eigenvalue weighted by Gasteiger charge is 2.20. The van der Waals surface area contributed by atoms with Crippen LogP contribution in [0.2, 0.25) is 0 Å². The first-order chi connectivity index (χ1) is 10.8. The highest BCUT2D eigenvalue weighted by atomic mass is 16.1. The SMILES string of the molecule is CCCCCN1C=C(C(=O)c2cccc3ccccc23)CC1. The van der Waals surface area contributed by atoms with Crippen LogP contribution in [0.15, 0.2) is 54.2 Å². The number of Topliss-reactive ketones (excluding diaryl/α,β-unsaturated/α-hetero) is 1. The van der Waals surface area contributed by atoms with Gasteiger partial charge in [0.1, 0.15) is 0 Å². The van der Waals surface area contributed by atoms with Crippen molar-refractivity contribution in [2.45, 2.75) is 32.6 Å². The summed E-state index contributed by atoms with van der Waals surface area (Å²) in [4.78, 5) is 15.1. The number of fused-ring (bicyclic) bond motifs is 1. The fourth-order valence-corrected chi connectivity index (χ4v) is 3.12. The predicted octanol–water partition coefficient (Wildman–Crippen LogP) is 4.80. The molecule has 0 aliphatic carbocycles. The van der Waals surface area contributed by atoms with Gasteiger partial charge in [0.2, 0.25) is 0 Å². The number of unbranched alkanes of at least 4 members (excludes halogenated alkanes) is 2. The molecule has 114 valence electrons. The standard InChI is InChI=1S/C20H23NO/c1-2-3-6-13-21-14-12-17(15-21)20(22)19-11-7-9-16-8-4-5-10-18(16)19/h4-5,7-11,15H,2-3,6,12-14H2,1H3. The van der Waals surface area contributed by atoms with E-state index in [9.17, 15) is 4.79 Å². The predicted molar refractivity (Wildman–Crippen MR) is 92.1 cm³/mol. The lowest BCUT2D eigenvalue weighted by Gasteiger charge is -2.13. The molecule has 2 aromatic carbocycles. The van der Waals surface area contributed by atoms with E-state index in [1.54, 1.807) is 0 Å². The maximum Gasteiger partial charge on any atom is 0.191 e. The van der Waals surface area contributed by atoms with Crippen molar-refractivity contribution in [3.63, 3.8) is 0 Å². The summed E-state index contributed by atoms with van der Waals surface area (Å²) in [6, 6.07) is 14.1. The summed E-state index contributed by atoms with van der Waals surface area (Å²) in [6.45, 7) is 4.27. The van der Waals surface area contributed by atoms with Crippen LogP contribution in [0.3, 0.4) is 0 Å². The van der Waals surface area contributed by atoms with E-state index in [0.29, 0.717) is 0 Å². The van der Waals surface area contributed by atoms with Crippen LogP contribution in [-0.2, 0) is 0 Å². The van der Waals surface area contributed by atoms with Gasteiger partial charge in [-0.15, -0.1) is 0 Å². The number of hydrogen-bond donors (Lipinski definition) is 0. The van der Waals surface area contributed by atoms with E-state index in [-0.39, 0.29) is 5.78 Å². The minimum absolute atomic E-state index is 0.190. The van der Waals surface area contributed by atoms with E-state index in [4.69, 9.17) is 0 Å². The average molecular weight is 293 g/mol. The summed E-state index contributed by atoms with van der Waals surface area (Å²) < 4.78 is 0. The molecule has 0 amide bonds. The molecule has 0 spiro atoms. The highest BCUT2D eigenvalue weighted by molar-refractivity contribution is 6.16. The van der Waals surface area contributed by atoms with Crippen LogP contribution in [0.25, 0.3) is 10.8 Å². The van der Waals surface area contributed by atoms with Gasteiger partial charge in [-0.1, -0.05) is 62.2 Å². The van der Waals surface area contributed by atoms with Crippen LogP contribution >= 0.6 is 0 Å². The monoisotopic (exact) mass is 293 g/mol. The van der Waals surface area contributed by atoms with Gasteiger partial charge in [-0.3, -0.25) is 4.79 Å². The first-order valence-electron chi connectivity index (χ1n) is 8.27. The van der Waals surface area contributed by atoms with Gasteiger partial charge in [-0.2, -0.15) is 0 Å². The van der Waals surface area contributed by atoms with Crippen molar-refractivity contribution in [3.05, 3.63) is 59.8 Å². The molecule has 0 fully saturated rings. The molecule has 22 heavy (non-hydrogen) atoms.